The van der Waals surface area contributed by atoms with E-state index in [1.54, 1.807) is 24.5 Å². The maximum absolute atomic E-state index is 13.4. The van der Waals surface area contributed by atoms with E-state index in [2.05, 4.69) is 0 Å². The van der Waals surface area contributed by atoms with Crippen LogP contribution in [0.15, 0.2) is 65.5 Å². The number of carbonyl (C=O) groups excluding carboxylic acids is 1. The molecule has 0 atom stereocenters. The van der Waals surface area contributed by atoms with Crippen molar-refractivity contribution in [1.82, 2.24) is 8.97 Å². The molecule has 4 rings (SSSR count). The van der Waals surface area contributed by atoms with Crippen LogP contribution >= 0.6 is 11.6 Å². The second kappa shape index (κ2) is 7.76. The van der Waals surface area contributed by atoms with Crippen LogP contribution in [0.5, 0.6) is 0 Å². The van der Waals surface area contributed by atoms with Crippen LogP contribution in [0.25, 0.3) is 27.5 Å². The van der Waals surface area contributed by atoms with Gasteiger partial charge in [-0.15, -0.1) is 11.6 Å². The third-order valence-electron chi connectivity index (χ3n) is 4.82. The number of hydrogen-bond donors (Lipinski definition) is 0. The minimum atomic E-state index is -0.526. The van der Waals surface area contributed by atoms with Crippen molar-refractivity contribution in [3.63, 3.8) is 0 Å². The lowest BCUT2D eigenvalue weighted by Crippen LogP contribution is -2.30. The van der Waals surface area contributed by atoms with Gasteiger partial charge in [0, 0.05) is 23.4 Å². The SMILES string of the molecule is CC(C)OC(=O)c1cc(-c2ccccc2)c2c3ccccc3n(CCCl)c(=O)n12. The van der Waals surface area contributed by atoms with Crippen LogP contribution in [0, 0.1) is 0 Å². The summed E-state index contributed by atoms with van der Waals surface area (Å²) in [5.74, 6) is -0.240. The van der Waals surface area contributed by atoms with Gasteiger partial charge in [-0.2, -0.15) is 0 Å². The summed E-state index contributed by atoms with van der Waals surface area (Å²) in [6, 6.07) is 19.1. The van der Waals surface area contributed by atoms with Crippen molar-refractivity contribution in [2.45, 2.75) is 26.5 Å². The molecule has 6 heteroatoms. The molecule has 0 saturated carbocycles. The molecule has 2 aromatic heterocycles. The summed E-state index contributed by atoms with van der Waals surface area (Å²) in [5.41, 5.74) is 3.12. The number of para-hydroxylation sites is 1. The number of hydrogen-bond acceptors (Lipinski definition) is 3. The van der Waals surface area contributed by atoms with Crippen molar-refractivity contribution in [3.05, 3.63) is 76.8 Å². The van der Waals surface area contributed by atoms with Crippen molar-refractivity contribution in [3.8, 4) is 11.1 Å². The second-order valence-corrected chi connectivity index (χ2v) is 7.47. The van der Waals surface area contributed by atoms with Crippen molar-refractivity contribution < 1.29 is 9.53 Å². The Morgan fingerprint density at radius 1 is 1.07 bits per heavy atom. The summed E-state index contributed by atoms with van der Waals surface area (Å²) in [7, 11) is 0. The van der Waals surface area contributed by atoms with Crippen LogP contribution in [0.3, 0.4) is 0 Å². The molecule has 0 N–H and O–H groups in total. The Morgan fingerprint density at radius 3 is 2.45 bits per heavy atom. The van der Waals surface area contributed by atoms with Crippen molar-refractivity contribution in [2.75, 3.05) is 5.88 Å². The molecule has 0 amide bonds. The van der Waals surface area contributed by atoms with Crippen LogP contribution in [0.4, 0.5) is 0 Å². The molecule has 29 heavy (non-hydrogen) atoms. The highest BCUT2D eigenvalue weighted by Crippen LogP contribution is 2.32. The van der Waals surface area contributed by atoms with Crippen LogP contribution in [0.2, 0.25) is 0 Å². The number of aryl methyl sites for hydroxylation is 1. The lowest BCUT2D eigenvalue weighted by molar-refractivity contribution is 0.0369. The highest BCUT2D eigenvalue weighted by atomic mass is 35.5. The smallest absolute Gasteiger partial charge is 0.355 e. The fourth-order valence-electron chi connectivity index (χ4n) is 3.67. The minimum absolute atomic E-state index is 0.214. The normalized spacial score (nSPS) is 11.4. The molecule has 0 unspecified atom stereocenters. The Labute approximate surface area is 173 Å². The topological polar surface area (TPSA) is 52.7 Å². The molecule has 2 heterocycles. The lowest BCUT2D eigenvalue weighted by atomic mass is 10.0. The Hall–Kier alpha value is -3.05. The van der Waals surface area contributed by atoms with Gasteiger partial charge in [0.15, 0.2) is 0 Å². The molecule has 0 saturated heterocycles. The summed E-state index contributed by atoms with van der Waals surface area (Å²) in [6.07, 6.45) is -0.293. The molecule has 0 fully saturated rings. The van der Waals surface area contributed by atoms with E-state index in [1.165, 1.54) is 4.40 Å². The van der Waals surface area contributed by atoms with Gasteiger partial charge in [0.1, 0.15) is 5.69 Å². The monoisotopic (exact) mass is 408 g/mol. The third kappa shape index (κ3) is 3.32. The number of carbonyl (C=O) groups is 1. The molecular weight excluding hydrogens is 388 g/mol. The van der Waals surface area contributed by atoms with Crippen molar-refractivity contribution in [2.24, 2.45) is 0 Å². The van der Waals surface area contributed by atoms with Crippen LogP contribution in [-0.4, -0.2) is 26.9 Å². The highest BCUT2D eigenvalue weighted by molar-refractivity contribution is 6.17. The van der Waals surface area contributed by atoms with E-state index in [1.807, 2.05) is 54.6 Å². The van der Waals surface area contributed by atoms with Gasteiger partial charge < -0.3 is 4.74 Å². The first kappa shape index (κ1) is 19.3. The number of alkyl halides is 1. The van der Waals surface area contributed by atoms with E-state index in [-0.39, 0.29) is 23.4 Å². The van der Waals surface area contributed by atoms with Gasteiger partial charge in [-0.25, -0.2) is 9.59 Å². The quantitative estimate of drug-likeness (QED) is 0.354. The number of fused-ring (bicyclic) bond motifs is 3. The number of benzene rings is 2. The molecule has 148 valence electrons. The fraction of sp³-hybridized carbons (Fsp3) is 0.217. The number of esters is 1. The first-order chi connectivity index (χ1) is 14.0. The van der Waals surface area contributed by atoms with E-state index < -0.39 is 5.97 Å². The van der Waals surface area contributed by atoms with Gasteiger partial charge >= 0.3 is 11.7 Å². The standard InChI is InChI=1S/C23H21ClN2O3/c1-15(2)29-22(27)20-14-18(16-8-4-3-5-9-16)21-17-10-6-7-11-19(17)25(13-12-24)23(28)26(20)21/h3-11,14-15H,12-13H2,1-2H3. The zero-order chi connectivity index (χ0) is 20.5. The number of halogens is 1. The third-order valence-corrected chi connectivity index (χ3v) is 4.99. The van der Waals surface area contributed by atoms with Gasteiger partial charge in [0.2, 0.25) is 0 Å². The summed E-state index contributed by atoms with van der Waals surface area (Å²) in [4.78, 5) is 26.3. The average Bonchev–Trinajstić information content (AvgIpc) is 3.12. The Kier molecular flexibility index (Phi) is 5.16. The number of nitrogens with zero attached hydrogens (tertiary/aromatic N) is 2. The first-order valence-electron chi connectivity index (χ1n) is 9.52. The molecule has 0 radical (unpaired) electrons. The molecule has 5 nitrogen and oxygen atoms in total. The molecule has 0 spiro atoms. The number of rotatable bonds is 5. The second-order valence-electron chi connectivity index (χ2n) is 7.09. The molecule has 0 aliphatic heterocycles. The zero-order valence-corrected chi connectivity index (χ0v) is 17.0. The lowest BCUT2D eigenvalue weighted by Gasteiger charge is -2.13. The predicted octanol–water partition coefficient (Wildman–Crippen LogP) is 4.73. The van der Waals surface area contributed by atoms with Gasteiger partial charge in [0.05, 0.1) is 17.1 Å². The number of aromatic nitrogens is 2. The largest absolute Gasteiger partial charge is 0.458 e. The van der Waals surface area contributed by atoms with E-state index in [4.69, 9.17) is 16.3 Å². The van der Waals surface area contributed by atoms with Crippen molar-refractivity contribution >= 4 is 34.0 Å². The first-order valence-corrected chi connectivity index (χ1v) is 10.1. The van der Waals surface area contributed by atoms with E-state index >= 15 is 0 Å². The maximum Gasteiger partial charge on any atom is 0.355 e. The van der Waals surface area contributed by atoms with E-state index in [0.29, 0.717) is 12.1 Å². The fourth-order valence-corrected chi connectivity index (χ4v) is 3.84. The number of ether oxygens (including phenoxy) is 1. The molecule has 2 aromatic carbocycles. The summed E-state index contributed by atoms with van der Waals surface area (Å²) in [6.45, 7) is 3.91. The zero-order valence-electron chi connectivity index (χ0n) is 16.3. The summed E-state index contributed by atoms with van der Waals surface area (Å²) in [5, 5.41) is 0.875. The van der Waals surface area contributed by atoms with Crippen LogP contribution in [-0.2, 0) is 11.3 Å². The van der Waals surface area contributed by atoms with Gasteiger partial charge in [-0.3, -0.25) is 8.97 Å². The Balaban J connectivity index is 2.17. The van der Waals surface area contributed by atoms with Gasteiger partial charge in [-0.05, 0) is 31.5 Å². The van der Waals surface area contributed by atoms with Crippen LogP contribution in [0.1, 0.15) is 24.3 Å². The summed E-state index contributed by atoms with van der Waals surface area (Å²) >= 11 is 5.97. The molecular formula is C23H21ClN2O3. The van der Waals surface area contributed by atoms with Crippen LogP contribution < -0.4 is 5.69 Å². The van der Waals surface area contributed by atoms with Gasteiger partial charge in [0.25, 0.3) is 0 Å². The van der Waals surface area contributed by atoms with E-state index in [0.717, 1.165) is 22.0 Å². The predicted molar refractivity (Wildman–Crippen MR) is 116 cm³/mol. The molecule has 0 aliphatic rings. The molecule has 0 aliphatic carbocycles. The summed E-state index contributed by atoms with van der Waals surface area (Å²) < 4.78 is 8.49. The minimum Gasteiger partial charge on any atom is -0.458 e. The van der Waals surface area contributed by atoms with Crippen molar-refractivity contribution in [1.29, 1.82) is 0 Å². The Morgan fingerprint density at radius 2 is 1.76 bits per heavy atom. The van der Waals surface area contributed by atoms with E-state index in [9.17, 15) is 9.59 Å². The maximum atomic E-state index is 13.4. The average molecular weight is 409 g/mol. The van der Waals surface area contributed by atoms with Gasteiger partial charge in [-0.1, -0.05) is 48.5 Å². The molecule has 0 bridgehead atoms. The Bertz CT molecular complexity index is 1260. The molecule has 4 aromatic rings. The highest BCUT2D eigenvalue weighted by Gasteiger charge is 2.23.